The van der Waals surface area contributed by atoms with E-state index in [0.717, 1.165) is 23.7 Å². The number of nitrogens with two attached hydrogens (primary N) is 1. The van der Waals surface area contributed by atoms with Crippen molar-refractivity contribution in [2.24, 2.45) is 35.3 Å². The molecule has 3 heteroatoms. The van der Waals surface area contributed by atoms with Crippen LogP contribution >= 0.6 is 0 Å². The van der Waals surface area contributed by atoms with Crippen molar-refractivity contribution in [3.63, 3.8) is 0 Å². The highest BCUT2D eigenvalue weighted by atomic mass is 16.1. The first-order valence-corrected chi connectivity index (χ1v) is 7.68. The molecule has 3 rings (SSSR count). The molecule has 102 valence electrons. The van der Waals surface area contributed by atoms with Gasteiger partial charge in [0.05, 0.1) is 0 Å². The van der Waals surface area contributed by atoms with E-state index >= 15 is 0 Å². The molecule has 3 aliphatic carbocycles. The lowest BCUT2D eigenvalue weighted by atomic mass is 9.79. The molecule has 0 aliphatic heterocycles. The third-order valence-corrected chi connectivity index (χ3v) is 5.71. The van der Waals surface area contributed by atoms with Gasteiger partial charge < -0.3 is 11.1 Å². The molecule has 3 N–H and O–H groups in total. The zero-order chi connectivity index (χ0) is 12.7. The second kappa shape index (κ2) is 4.84. The van der Waals surface area contributed by atoms with Gasteiger partial charge in [0.15, 0.2) is 0 Å². The van der Waals surface area contributed by atoms with E-state index in [0.29, 0.717) is 24.9 Å². The van der Waals surface area contributed by atoms with Gasteiger partial charge in [-0.1, -0.05) is 13.3 Å². The van der Waals surface area contributed by atoms with Gasteiger partial charge in [0.1, 0.15) is 0 Å². The molecule has 3 fully saturated rings. The first-order chi connectivity index (χ1) is 8.69. The molecular weight excluding hydrogens is 224 g/mol. The van der Waals surface area contributed by atoms with Crippen LogP contribution in [0.25, 0.3) is 0 Å². The van der Waals surface area contributed by atoms with E-state index < -0.39 is 0 Å². The summed E-state index contributed by atoms with van der Waals surface area (Å²) in [5.74, 6) is 4.18. The lowest BCUT2D eigenvalue weighted by Crippen LogP contribution is -2.43. The normalized spacial score (nSPS) is 42.9. The molecule has 3 nitrogen and oxygen atoms in total. The number of amides is 1. The van der Waals surface area contributed by atoms with Gasteiger partial charge in [-0.25, -0.2) is 0 Å². The van der Waals surface area contributed by atoms with Crippen molar-refractivity contribution in [2.45, 2.75) is 51.5 Å². The summed E-state index contributed by atoms with van der Waals surface area (Å²) in [6, 6.07) is 0.479. The van der Waals surface area contributed by atoms with Crippen molar-refractivity contribution in [2.75, 3.05) is 6.54 Å². The maximum absolute atomic E-state index is 12.0. The molecule has 0 spiro atoms. The first-order valence-electron chi connectivity index (χ1n) is 7.68. The minimum absolute atomic E-state index is 0.222. The summed E-state index contributed by atoms with van der Waals surface area (Å²) in [6.45, 7) is 2.65. The summed E-state index contributed by atoms with van der Waals surface area (Å²) in [4.78, 5) is 12.0. The third-order valence-electron chi connectivity index (χ3n) is 5.71. The van der Waals surface area contributed by atoms with E-state index in [9.17, 15) is 4.79 Å². The minimum atomic E-state index is 0.222. The molecule has 0 aromatic rings. The molecule has 6 atom stereocenters. The number of hydrogen-bond donors (Lipinski definition) is 2. The fourth-order valence-electron chi connectivity index (χ4n) is 4.90. The Morgan fingerprint density at radius 3 is 2.83 bits per heavy atom. The van der Waals surface area contributed by atoms with E-state index in [1.807, 2.05) is 6.92 Å². The van der Waals surface area contributed by atoms with Crippen molar-refractivity contribution in [3.05, 3.63) is 0 Å². The Kier molecular flexibility index (Phi) is 3.35. The van der Waals surface area contributed by atoms with E-state index in [2.05, 4.69) is 5.32 Å². The van der Waals surface area contributed by atoms with E-state index in [4.69, 9.17) is 5.73 Å². The van der Waals surface area contributed by atoms with Crippen molar-refractivity contribution >= 4 is 5.91 Å². The number of carbonyl (C=O) groups is 1. The van der Waals surface area contributed by atoms with Gasteiger partial charge in [-0.3, -0.25) is 4.79 Å². The van der Waals surface area contributed by atoms with Crippen LogP contribution in [0.5, 0.6) is 0 Å². The van der Waals surface area contributed by atoms with Crippen molar-refractivity contribution < 1.29 is 4.79 Å². The number of hydrogen-bond acceptors (Lipinski definition) is 2. The van der Waals surface area contributed by atoms with Gasteiger partial charge in [-0.2, -0.15) is 0 Å². The maximum atomic E-state index is 12.0. The van der Waals surface area contributed by atoms with Crippen molar-refractivity contribution in [3.8, 4) is 0 Å². The number of nitrogens with one attached hydrogen (secondary N) is 1. The summed E-state index contributed by atoms with van der Waals surface area (Å²) < 4.78 is 0. The molecule has 18 heavy (non-hydrogen) atoms. The predicted molar refractivity (Wildman–Crippen MR) is 71.8 cm³/mol. The smallest absolute Gasteiger partial charge is 0.220 e. The van der Waals surface area contributed by atoms with Crippen molar-refractivity contribution in [1.29, 1.82) is 0 Å². The average Bonchev–Trinajstić information content (AvgIpc) is 2.98. The summed E-state index contributed by atoms with van der Waals surface area (Å²) in [7, 11) is 0. The molecule has 2 bridgehead atoms. The van der Waals surface area contributed by atoms with Gasteiger partial charge in [0.2, 0.25) is 5.91 Å². The number of carbonyl (C=O) groups excluding carboxylic acids is 1. The van der Waals surface area contributed by atoms with Crippen LogP contribution in [0.4, 0.5) is 0 Å². The SMILES string of the molecule is CC(CN)CC(=O)NC1CC2CC1C1CCCC21. The second-order valence-electron chi connectivity index (χ2n) is 6.87. The summed E-state index contributed by atoms with van der Waals surface area (Å²) in [6.07, 6.45) is 7.51. The third kappa shape index (κ3) is 2.07. The Labute approximate surface area is 110 Å². The fourth-order valence-corrected chi connectivity index (χ4v) is 4.90. The highest BCUT2D eigenvalue weighted by molar-refractivity contribution is 5.76. The molecule has 3 saturated carbocycles. The average molecular weight is 250 g/mol. The standard InChI is InChI=1S/C15H26N2O/c1-9(8-16)5-15(18)17-14-7-10-6-13(14)12-4-2-3-11(10)12/h9-14H,2-8,16H2,1H3,(H,17,18). The topological polar surface area (TPSA) is 55.1 Å². The van der Waals surface area contributed by atoms with Gasteiger partial charge in [-0.15, -0.1) is 0 Å². The lowest BCUT2D eigenvalue weighted by Gasteiger charge is -2.32. The van der Waals surface area contributed by atoms with Gasteiger partial charge in [-0.05, 0) is 61.8 Å². The van der Waals surface area contributed by atoms with Gasteiger partial charge in [0.25, 0.3) is 0 Å². The quantitative estimate of drug-likeness (QED) is 0.801. The summed E-state index contributed by atoms with van der Waals surface area (Å²) >= 11 is 0. The molecule has 0 radical (unpaired) electrons. The summed E-state index contributed by atoms with van der Waals surface area (Å²) in [5.41, 5.74) is 5.58. The highest BCUT2D eigenvalue weighted by Crippen LogP contribution is 2.58. The van der Waals surface area contributed by atoms with Crippen LogP contribution in [0.3, 0.4) is 0 Å². The highest BCUT2D eigenvalue weighted by Gasteiger charge is 2.53. The summed E-state index contributed by atoms with van der Waals surface area (Å²) in [5, 5.41) is 3.29. The van der Waals surface area contributed by atoms with Gasteiger partial charge >= 0.3 is 0 Å². The molecular formula is C15H26N2O. The van der Waals surface area contributed by atoms with Crippen LogP contribution in [-0.2, 0) is 4.79 Å². The van der Waals surface area contributed by atoms with Crippen LogP contribution in [0.2, 0.25) is 0 Å². The Hall–Kier alpha value is -0.570. The van der Waals surface area contributed by atoms with Crippen molar-refractivity contribution in [1.82, 2.24) is 5.32 Å². The first kappa shape index (κ1) is 12.5. The Bertz CT molecular complexity index is 330. The zero-order valence-electron chi connectivity index (χ0n) is 11.4. The van der Waals surface area contributed by atoms with Crippen LogP contribution in [-0.4, -0.2) is 18.5 Å². The molecule has 1 amide bonds. The van der Waals surface area contributed by atoms with E-state index in [1.54, 1.807) is 0 Å². The Balaban J connectivity index is 1.55. The van der Waals surface area contributed by atoms with Crippen LogP contribution in [0.15, 0.2) is 0 Å². The molecule has 6 unspecified atom stereocenters. The van der Waals surface area contributed by atoms with Crippen LogP contribution in [0, 0.1) is 29.6 Å². The largest absolute Gasteiger partial charge is 0.353 e. The van der Waals surface area contributed by atoms with Crippen LogP contribution < -0.4 is 11.1 Å². The van der Waals surface area contributed by atoms with E-state index in [1.165, 1.54) is 32.1 Å². The Morgan fingerprint density at radius 1 is 1.28 bits per heavy atom. The lowest BCUT2D eigenvalue weighted by molar-refractivity contribution is -0.123. The molecule has 0 heterocycles. The predicted octanol–water partition coefficient (Wildman–Crippen LogP) is 1.91. The zero-order valence-corrected chi connectivity index (χ0v) is 11.4. The minimum Gasteiger partial charge on any atom is -0.353 e. The molecule has 3 aliphatic rings. The van der Waals surface area contributed by atoms with Gasteiger partial charge in [0, 0.05) is 12.5 Å². The number of fused-ring (bicyclic) bond motifs is 5. The number of rotatable bonds is 4. The monoisotopic (exact) mass is 250 g/mol. The molecule has 0 aromatic carbocycles. The van der Waals surface area contributed by atoms with Crippen LogP contribution in [0.1, 0.15) is 45.4 Å². The molecule has 0 aromatic heterocycles. The second-order valence-corrected chi connectivity index (χ2v) is 6.87. The fraction of sp³-hybridized carbons (Fsp3) is 0.933. The van der Waals surface area contributed by atoms with E-state index in [-0.39, 0.29) is 5.91 Å². The molecule has 0 saturated heterocycles. The maximum Gasteiger partial charge on any atom is 0.220 e. The Morgan fingerprint density at radius 2 is 2.06 bits per heavy atom.